The van der Waals surface area contributed by atoms with E-state index in [4.69, 9.17) is 11.6 Å². The van der Waals surface area contributed by atoms with Crippen LogP contribution in [0.15, 0.2) is 35.5 Å². The van der Waals surface area contributed by atoms with E-state index >= 15 is 0 Å². The van der Waals surface area contributed by atoms with Crippen molar-refractivity contribution >= 4 is 29.1 Å². The van der Waals surface area contributed by atoms with Gasteiger partial charge in [-0.1, -0.05) is 31.0 Å². The van der Waals surface area contributed by atoms with Crippen molar-refractivity contribution in [1.82, 2.24) is 4.90 Å². The lowest BCUT2D eigenvalue weighted by molar-refractivity contribution is -0.137. The minimum atomic E-state index is 0.0439. The first-order valence-corrected chi connectivity index (χ1v) is 12.6. The fourth-order valence-electron chi connectivity index (χ4n) is 8.30. The number of benzene rings is 1. The van der Waals surface area contributed by atoms with Gasteiger partial charge in [-0.3, -0.25) is 9.59 Å². The third kappa shape index (κ3) is 3.16. The lowest BCUT2D eigenvalue weighted by atomic mass is 9.48. The highest BCUT2D eigenvalue weighted by Crippen LogP contribution is 2.66. The van der Waals surface area contributed by atoms with Gasteiger partial charge in [0.25, 0.3) is 0 Å². The Morgan fingerprint density at radius 3 is 2.53 bits per heavy atom. The number of anilines is 1. The number of hydrogen-bond donors (Lipinski definition) is 1. The van der Waals surface area contributed by atoms with E-state index in [1.807, 2.05) is 36.2 Å². The molecule has 0 aromatic heterocycles. The van der Waals surface area contributed by atoms with Crippen LogP contribution in [0, 0.1) is 34.5 Å². The second-order valence-electron chi connectivity index (χ2n) is 11.3. The maximum absolute atomic E-state index is 13.4. The molecule has 3 fully saturated rings. The Labute approximate surface area is 196 Å². The first-order chi connectivity index (χ1) is 15.1. The standard InChI is InChI=1S/C27H35ClN2O2/c1-16-15-19-20-9-10-22(25(32)29-18-7-5-17(28)6-8-18)26(20,2)13-11-21(19)27(3)14-12-23(31)30(4)24(16)27/h5-8,19-22H,9-15H2,1-4H3,(H,29,32)/t19-,20-,21+,22?,26-,27+/m0/s1. The van der Waals surface area contributed by atoms with Crippen molar-refractivity contribution in [3.05, 3.63) is 40.6 Å². The van der Waals surface area contributed by atoms with E-state index in [0.717, 1.165) is 44.2 Å². The minimum absolute atomic E-state index is 0.0439. The predicted molar refractivity (Wildman–Crippen MR) is 128 cm³/mol. The number of amides is 2. The Balaban J connectivity index is 1.41. The van der Waals surface area contributed by atoms with Crippen molar-refractivity contribution in [2.75, 3.05) is 12.4 Å². The molecule has 1 aliphatic heterocycles. The van der Waals surface area contributed by atoms with E-state index < -0.39 is 0 Å². The van der Waals surface area contributed by atoms with Crippen molar-refractivity contribution in [2.24, 2.45) is 34.5 Å². The topological polar surface area (TPSA) is 49.4 Å². The van der Waals surface area contributed by atoms with Crippen LogP contribution >= 0.6 is 11.6 Å². The normalized spacial score (nSPS) is 38.8. The highest BCUT2D eigenvalue weighted by atomic mass is 35.5. The molecule has 0 spiro atoms. The highest BCUT2D eigenvalue weighted by molar-refractivity contribution is 6.30. The molecule has 1 aromatic rings. The number of allylic oxidation sites excluding steroid dienone is 2. The van der Waals surface area contributed by atoms with E-state index in [2.05, 4.69) is 26.1 Å². The number of piperidine rings is 1. The van der Waals surface area contributed by atoms with Crippen LogP contribution in [0.25, 0.3) is 0 Å². The molecule has 32 heavy (non-hydrogen) atoms. The maximum Gasteiger partial charge on any atom is 0.228 e. The first-order valence-electron chi connectivity index (χ1n) is 12.2. The van der Waals surface area contributed by atoms with Crippen LogP contribution in [0.3, 0.4) is 0 Å². The fraction of sp³-hybridized carbons (Fsp3) is 0.630. The van der Waals surface area contributed by atoms with Gasteiger partial charge in [0.1, 0.15) is 0 Å². The Bertz CT molecular complexity index is 986. The van der Waals surface area contributed by atoms with E-state index in [0.29, 0.717) is 29.2 Å². The van der Waals surface area contributed by atoms with Gasteiger partial charge in [-0.05, 0) is 92.9 Å². The Kier molecular flexibility index (Phi) is 5.24. The van der Waals surface area contributed by atoms with Gasteiger partial charge >= 0.3 is 0 Å². The molecule has 6 atom stereocenters. The number of rotatable bonds is 2. The summed E-state index contributed by atoms with van der Waals surface area (Å²) in [5, 5.41) is 3.84. The van der Waals surface area contributed by atoms with Gasteiger partial charge in [0.05, 0.1) is 0 Å². The second kappa shape index (κ2) is 7.62. The van der Waals surface area contributed by atoms with Crippen LogP contribution in [0.4, 0.5) is 5.69 Å². The largest absolute Gasteiger partial charge is 0.326 e. The fourth-order valence-corrected chi connectivity index (χ4v) is 8.43. The molecule has 2 amide bonds. The van der Waals surface area contributed by atoms with Crippen LogP contribution in [0.1, 0.15) is 65.7 Å². The molecule has 172 valence electrons. The van der Waals surface area contributed by atoms with E-state index in [1.54, 1.807) is 0 Å². The molecular formula is C27H35ClN2O2. The van der Waals surface area contributed by atoms with Crippen molar-refractivity contribution in [3.8, 4) is 0 Å². The molecule has 0 bridgehead atoms. The summed E-state index contributed by atoms with van der Waals surface area (Å²) in [6.45, 7) is 7.03. The number of halogens is 1. The van der Waals surface area contributed by atoms with Crippen molar-refractivity contribution < 1.29 is 9.59 Å². The van der Waals surface area contributed by atoms with E-state index in [-0.39, 0.29) is 28.6 Å². The minimum Gasteiger partial charge on any atom is -0.326 e. The Morgan fingerprint density at radius 2 is 1.81 bits per heavy atom. The highest BCUT2D eigenvalue weighted by Gasteiger charge is 2.61. The summed E-state index contributed by atoms with van der Waals surface area (Å²) in [5.74, 6) is 2.26. The summed E-state index contributed by atoms with van der Waals surface area (Å²) in [6.07, 6.45) is 7.03. The van der Waals surface area contributed by atoms with Crippen LogP contribution in [0.5, 0.6) is 0 Å². The lowest BCUT2D eigenvalue weighted by Crippen LogP contribution is -2.54. The molecule has 1 heterocycles. The van der Waals surface area contributed by atoms with Gasteiger partial charge < -0.3 is 10.2 Å². The zero-order valence-corrected chi connectivity index (χ0v) is 20.5. The van der Waals surface area contributed by atoms with Crippen molar-refractivity contribution in [3.63, 3.8) is 0 Å². The first kappa shape index (κ1) is 22.0. The Hall–Kier alpha value is -1.81. The molecule has 1 saturated heterocycles. The van der Waals surface area contributed by atoms with Crippen LogP contribution in [0.2, 0.25) is 5.02 Å². The molecule has 0 radical (unpaired) electrons. The summed E-state index contributed by atoms with van der Waals surface area (Å²) in [7, 11) is 1.97. The average Bonchev–Trinajstić information content (AvgIpc) is 3.10. The molecule has 1 unspecified atom stereocenters. The number of nitrogens with zero attached hydrogens (tertiary/aromatic N) is 1. The number of hydrogen-bond acceptors (Lipinski definition) is 2. The van der Waals surface area contributed by atoms with Gasteiger partial charge in [0.15, 0.2) is 0 Å². The number of nitrogens with one attached hydrogen (secondary N) is 1. The summed E-state index contributed by atoms with van der Waals surface area (Å²) in [4.78, 5) is 27.8. The number of carbonyl (C=O) groups is 2. The van der Waals surface area contributed by atoms with E-state index in [9.17, 15) is 9.59 Å². The molecule has 1 N–H and O–H groups in total. The average molecular weight is 455 g/mol. The molecule has 4 aliphatic rings. The predicted octanol–water partition coefficient (Wildman–Crippen LogP) is 6.27. The van der Waals surface area contributed by atoms with Crippen LogP contribution < -0.4 is 5.32 Å². The molecule has 2 saturated carbocycles. The number of carbonyl (C=O) groups excluding carboxylic acids is 2. The van der Waals surface area contributed by atoms with Crippen LogP contribution in [-0.2, 0) is 9.59 Å². The number of likely N-dealkylation sites (tertiary alicyclic amines) is 1. The summed E-state index contributed by atoms with van der Waals surface area (Å²) in [6, 6.07) is 7.40. The quantitative estimate of drug-likeness (QED) is 0.572. The monoisotopic (exact) mass is 454 g/mol. The maximum atomic E-state index is 13.4. The summed E-state index contributed by atoms with van der Waals surface area (Å²) >= 11 is 6.00. The third-order valence-corrected chi connectivity index (χ3v) is 9.99. The van der Waals surface area contributed by atoms with Gasteiger partial charge in [-0.15, -0.1) is 0 Å². The number of fused-ring (bicyclic) bond motifs is 5. The molecule has 3 aliphatic carbocycles. The van der Waals surface area contributed by atoms with Gasteiger partial charge in [0.2, 0.25) is 11.8 Å². The van der Waals surface area contributed by atoms with E-state index in [1.165, 1.54) is 11.3 Å². The summed E-state index contributed by atoms with van der Waals surface area (Å²) in [5.41, 5.74) is 3.64. The third-order valence-electron chi connectivity index (χ3n) is 9.74. The zero-order chi connectivity index (χ0) is 22.8. The summed E-state index contributed by atoms with van der Waals surface area (Å²) < 4.78 is 0. The lowest BCUT2D eigenvalue weighted by Gasteiger charge is -2.59. The smallest absolute Gasteiger partial charge is 0.228 e. The SMILES string of the molecule is CC1=C2N(C)C(=O)CC[C@]2(C)[C@@H]2CC[C@]3(C)C(C(=O)Nc4ccc(Cl)cc4)CC[C@H]3[C@@H]2C1. The Morgan fingerprint density at radius 1 is 1.09 bits per heavy atom. The van der Waals surface area contributed by atoms with Crippen LogP contribution in [-0.4, -0.2) is 23.8 Å². The van der Waals surface area contributed by atoms with Crippen molar-refractivity contribution in [1.29, 1.82) is 0 Å². The second-order valence-corrected chi connectivity index (χ2v) is 11.7. The molecule has 1 aromatic carbocycles. The zero-order valence-electron chi connectivity index (χ0n) is 19.7. The molecule has 4 nitrogen and oxygen atoms in total. The van der Waals surface area contributed by atoms with Crippen molar-refractivity contribution in [2.45, 2.75) is 65.7 Å². The molecule has 5 heteroatoms. The molecular weight excluding hydrogens is 420 g/mol. The molecule has 5 rings (SSSR count). The van der Waals surface area contributed by atoms with Gasteiger partial charge in [0, 0.05) is 41.2 Å². The van der Waals surface area contributed by atoms with Gasteiger partial charge in [-0.2, -0.15) is 0 Å². The van der Waals surface area contributed by atoms with Gasteiger partial charge in [-0.25, -0.2) is 0 Å².